The Morgan fingerprint density at radius 1 is 1.05 bits per heavy atom. The Morgan fingerprint density at radius 2 is 1.81 bits per heavy atom. The number of fused-ring (bicyclic) bond motifs is 1. The Bertz CT molecular complexity index is 659. The maximum Gasteiger partial charge on any atom is 0.158 e. The van der Waals surface area contributed by atoms with Crippen LogP contribution in [0.15, 0.2) is 18.2 Å². The number of sulfone groups is 1. The first kappa shape index (κ1) is 13.6. The fraction of sp³-hybridized carbons (Fsp3) is 0.647. The Balaban J connectivity index is 1.47. The molecular formula is C17H23NO2S. The second kappa shape index (κ2) is 4.73. The molecule has 1 aromatic rings. The minimum absolute atomic E-state index is 0.215. The highest BCUT2D eigenvalue weighted by Crippen LogP contribution is 2.51. The summed E-state index contributed by atoms with van der Waals surface area (Å²) in [7, 11) is -2.90. The number of rotatable bonds is 2. The predicted molar refractivity (Wildman–Crippen MR) is 84.9 cm³/mol. The highest BCUT2D eigenvalue weighted by molar-refractivity contribution is 7.90. The van der Waals surface area contributed by atoms with Crippen molar-refractivity contribution < 1.29 is 8.42 Å². The minimum Gasteiger partial charge on any atom is -0.382 e. The highest BCUT2D eigenvalue weighted by Gasteiger charge is 2.40. The second-order valence-corrected chi connectivity index (χ2v) is 9.37. The quantitative estimate of drug-likeness (QED) is 0.907. The lowest BCUT2D eigenvalue weighted by Gasteiger charge is -2.23. The van der Waals surface area contributed by atoms with Crippen LogP contribution in [0.2, 0.25) is 0 Å². The Labute approximate surface area is 127 Å². The van der Waals surface area contributed by atoms with Gasteiger partial charge in [0.25, 0.3) is 0 Å². The number of benzene rings is 1. The highest BCUT2D eigenvalue weighted by atomic mass is 32.2. The molecule has 2 aliphatic carbocycles. The summed E-state index contributed by atoms with van der Waals surface area (Å²) in [6.45, 7) is 0. The number of hydrogen-bond acceptors (Lipinski definition) is 3. The van der Waals surface area contributed by atoms with Crippen LogP contribution in [-0.2, 0) is 21.3 Å². The molecule has 0 aromatic heterocycles. The van der Waals surface area contributed by atoms with E-state index in [1.165, 1.54) is 44.9 Å². The van der Waals surface area contributed by atoms with Crippen molar-refractivity contribution in [1.29, 1.82) is 0 Å². The van der Waals surface area contributed by atoms with Gasteiger partial charge in [-0.3, -0.25) is 0 Å². The molecule has 3 nitrogen and oxygen atoms in total. The zero-order valence-electron chi connectivity index (χ0n) is 12.4. The monoisotopic (exact) mass is 305 g/mol. The SMILES string of the molecule is O=S1(=O)Cc2ccc(NC3CCC4(CCCC4)C3)cc2C1. The maximum atomic E-state index is 11.7. The van der Waals surface area contributed by atoms with Crippen molar-refractivity contribution in [1.82, 2.24) is 0 Å². The van der Waals surface area contributed by atoms with Crippen LogP contribution in [0.25, 0.3) is 0 Å². The first-order chi connectivity index (χ1) is 10.0. The summed E-state index contributed by atoms with van der Waals surface area (Å²) < 4.78 is 23.4. The maximum absolute atomic E-state index is 11.7. The molecule has 1 heterocycles. The van der Waals surface area contributed by atoms with Crippen molar-refractivity contribution in [3.63, 3.8) is 0 Å². The van der Waals surface area contributed by atoms with Gasteiger partial charge in [-0.2, -0.15) is 0 Å². The van der Waals surface area contributed by atoms with Gasteiger partial charge in [-0.05, 0) is 60.8 Å². The molecule has 0 amide bonds. The van der Waals surface area contributed by atoms with Crippen molar-refractivity contribution in [2.75, 3.05) is 5.32 Å². The molecule has 1 spiro atoms. The van der Waals surface area contributed by atoms with E-state index in [2.05, 4.69) is 17.4 Å². The summed E-state index contributed by atoms with van der Waals surface area (Å²) in [6, 6.07) is 6.67. The average Bonchev–Trinajstić information content (AvgIpc) is 3.09. The van der Waals surface area contributed by atoms with E-state index in [1.807, 2.05) is 6.07 Å². The molecule has 1 aliphatic heterocycles. The molecule has 1 N–H and O–H groups in total. The fourth-order valence-electron chi connectivity index (χ4n) is 4.66. The molecule has 0 saturated heterocycles. The van der Waals surface area contributed by atoms with Crippen LogP contribution in [0.3, 0.4) is 0 Å². The smallest absolute Gasteiger partial charge is 0.158 e. The van der Waals surface area contributed by atoms with Gasteiger partial charge in [0.15, 0.2) is 9.84 Å². The molecule has 3 aliphatic rings. The zero-order valence-corrected chi connectivity index (χ0v) is 13.2. The van der Waals surface area contributed by atoms with Crippen molar-refractivity contribution in [3.8, 4) is 0 Å². The van der Waals surface area contributed by atoms with Crippen molar-refractivity contribution in [2.24, 2.45) is 5.41 Å². The van der Waals surface area contributed by atoms with Gasteiger partial charge in [0.05, 0.1) is 11.5 Å². The number of hydrogen-bond donors (Lipinski definition) is 1. The molecule has 0 bridgehead atoms. The lowest BCUT2D eigenvalue weighted by molar-refractivity contribution is 0.306. The first-order valence-electron chi connectivity index (χ1n) is 8.13. The van der Waals surface area contributed by atoms with Crippen molar-refractivity contribution >= 4 is 15.5 Å². The van der Waals surface area contributed by atoms with E-state index < -0.39 is 9.84 Å². The normalized spacial score (nSPS) is 28.9. The van der Waals surface area contributed by atoms with Crippen LogP contribution in [-0.4, -0.2) is 14.5 Å². The Hall–Kier alpha value is -1.03. The van der Waals surface area contributed by atoms with Gasteiger partial charge in [0, 0.05) is 11.7 Å². The summed E-state index contributed by atoms with van der Waals surface area (Å²) in [5.41, 5.74) is 3.70. The van der Waals surface area contributed by atoms with Crippen LogP contribution in [0.5, 0.6) is 0 Å². The van der Waals surface area contributed by atoms with Gasteiger partial charge >= 0.3 is 0 Å². The molecule has 21 heavy (non-hydrogen) atoms. The lowest BCUT2D eigenvalue weighted by Crippen LogP contribution is -2.19. The first-order valence-corrected chi connectivity index (χ1v) is 9.95. The van der Waals surface area contributed by atoms with E-state index in [4.69, 9.17) is 0 Å². The van der Waals surface area contributed by atoms with Crippen molar-refractivity contribution in [2.45, 2.75) is 62.5 Å². The predicted octanol–water partition coefficient (Wildman–Crippen LogP) is 3.64. The summed E-state index contributed by atoms with van der Waals surface area (Å²) in [5.74, 6) is 0.432. The van der Waals surface area contributed by atoms with Gasteiger partial charge in [-0.25, -0.2) is 8.42 Å². The Kier molecular flexibility index (Phi) is 3.07. The van der Waals surface area contributed by atoms with E-state index in [-0.39, 0.29) is 11.5 Å². The van der Waals surface area contributed by atoms with E-state index in [0.717, 1.165) is 16.8 Å². The van der Waals surface area contributed by atoms with Gasteiger partial charge in [-0.15, -0.1) is 0 Å². The summed E-state index contributed by atoms with van der Waals surface area (Å²) >= 11 is 0. The van der Waals surface area contributed by atoms with Crippen LogP contribution in [0, 0.1) is 5.41 Å². The minimum atomic E-state index is -2.90. The molecule has 1 aromatic carbocycles. The van der Waals surface area contributed by atoms with Crippen LogP contribution < -0.4 is 5.32 Å². The van der Waals surface area contributed by atoms with E-state index in [0.29, 0.717) is 11.5 Å². The van der Waals surface area contributed by atoms with E-state index in [9.17, 15) is 8.42 Å². The molecule has 4 heteroatoms. The zero-order chi connectivity index (χ0) is 14.5. The average molecular weight is 305 g/mol. The van der Waals surface area contributed by atoms with Crippen LogP contribution in [0.4, 0.5) is 5.69 Å². The molecule has 2 saturated carbocycles. The van der Waals surface area contributed by atoms with Crippen molar-refractivity contribution in [3.05, 3.63) is 29.3 Å². The molecular weight excluding hydrogens is 282 g/mol. The molecule has 2 fully saturated rings. The molecule has 0 radical (unpaired) electrons. The van der Waals surface area contributed by atoms with Crippen LogP contribution in [0.1, 0.15) is 56.1 Å². The molecule has 1 unspecified atom stereocenters. The van der Waals surface area contributed by atoms with Crippen LogP contribution >= 0.6 is 0 Å². The number of nitrogens with one attached hydrogen (secondary N) is 1. The van der Waals surface area contributed by atoms with E-state index >= 15 is 0 Å². The molecule has 4 rings (SSSR count). The second-order valence-electron chi connectivity index (χ2n) is 7.31. The molecule has 1 atom stereocenters. The fourth-order valence-corrected chi connectivity index (χ4v) is 6.26. The topological polar surface area (TPSA) is 46.2 Å². The standard InChI is InChI=1S/C17H23NO2S/c19-21(20)11-13-3-4-15(9-14(13)12-21)18-16-5-8-17(10-16)6-1-2-7-17/h3-4,9,16,18H,1-2,5-8,10-12H2. The van der Waals surface area contributed by atoms with Gasteiger partial charge in [0.1, 0.15) is 0 Å². The molecule has 114 valence electrons. The third-order valence-electron chi connectivity index (χ3n) is 5.69. The van der Waals surface area contributed by atoms with Gasteiger partial charge in [0.2, 0.25) is 0 Å². The van der Waals surface area contributed by atoms with E-state index in [1.54, 1.807) is 0 Å². The lowest BCUT2D eigenvalue weighted by atomic mass is 9.84. The summed E-state index contributed by atoms with van der Waals surface area (Å²) in [5, 5.41) is 3.65. The Morgan fingerprint density at radius 3 is 2.62 bits per heavy atom. The largest absolute Gasteiger partial charge is 0.382 e. The summed E-state index contributed by atoms with van der Waals surface area (Å²) in [4.78, 5) is 0. The third kappa shape index (κ3) is 2.59. The number of anilines is 1. The summed E-state index contributed by atoms with van der Waals surface area (Å²) in [6.07, 6.45) is 9.55. The van der Waals surface area contributed by atoms with Gasteiger partial charge < -0.3 is 5.32 Å². The van der Waals surface area contributed by atoms with Gasteiger partial charge in [-0.1, -0.05) is 18.9 Å². The third-order valence-corrected chi connectivity index (χ3v) is 7.20.